The Kier molecular flexibility index (Phi) is 4.87. The molecule has 2 N–H and O–H groups in total. The summed E-state index contributed by atoms with van der Waals surface area (Å²) in [5, 5.41) is 2.82. The second kappa shape index (κ2) is 6.64. The molecule has 0 atom stereocenters. The Hall–Kier alpha value is -1.99. The van der Waals surface area contributed by atoms with Crippen molar-refractivity contribution in [2.75, 3.05) is 18.9 Å². The number of sulfonamides is 1. The van der Waals surface area contributed by atoms with E-state index in [0.717, 1.165) is 5.56 Å². The Morgan fingerprint density at radius 1 is 1.19 bits per heavy atom. The molecule has 0 saturated carbocycles. The highest BCUT2D eigenvalue weighted by Gasteiger charge is 2.17. The second-order valence-corrected chi connectivity index (χ2v) is 6.13. The van der Waals surface area contributed by atoms with Gasteiger partial charge < -0.3 is 5.32 Å². The van der Waals surface area contributed by atoms with E-state index in [4.69, 9.17) is 0 Å². The maximum Gasteiger partial charge on any atom is 0.244 e. The molecule has 2 rings (SSSR count). The third-order valence-corrected chi connectivity index (χ3v) is 4.45. The van der Waals surface area contributed by atoms with Crippen LogP contribution in [0, 0.1) is 5.82 Å². The summed E-state index contributed by atoms with van der Waals surface area (Å²) in [5.74, 6) is -0.312. The quantitative estimate of drug-likeness (QED) is 0.853. The van der Waals surface area contributed by atoms with Crippen LogP contribution in [0.4, 0.5) is 10.1 Å². The summed E-state index contributed by atoms with van der Waals surface area (Å²) in [4.78, 5) is 3.94. The summed E-state index contributed by atoms with van der Waals surface area (Å²) < 4.78 is 39.7. The highest BCUT2D eigenvalue weighted by molar-refractivity contribution is 7.89. The van der Waals surface area contributed by atoms with E-state index < -0.39 is 10.0 Å². The van der Waals surface area contributed by atoms with E-state index in [0.29, 0.717) is 12.1 Å². The van der Waals surface area contributed by atoms with Gasteiger partial charge in [-0.3, -0.25) is 4.98 Å². The predicted octanol–water partition coefficient (Wildman–Crippen LogP) is 1.78. The Bertz CT molecular complexity index is 702. The van der Waals surface area contributed by atoms with E-state index in [2.05, 4.69) is 15.0 Å². The van der Waals surface area contributed by atoms with E-state index in [1.54, 1.807) is 25.2 Å². The van der Waals surface area contributed by atoms with Gasteiger partial charge in [0.05, 0.1) is 5.69 Å². The van der Waals surface area contributed by atoms with Crippen molar-refractivity contribution in [3.05, 3.63) is 54.1 Å². The van der Waals surface area contributed by atoms with Crippen LogP contribution in [0.25, 0.3) is 0 Å². The van der Waals surface area contributed by atoms with Gasteiger partial charge >= 0.3 is 0 Å². The normalized spacial score (nSPS) is 11.3. The Morgan fingerprint density at radius 3 is 2.57 bits per heavy atom. The maximum absolute atomic E-state index is 12.8. The molecule has 7 heteroatoms. The van der Waals surface area contributed by atoms with Crippen LogP contribution in [0.1, 0.15) is 5.56 Å². The van der Waals surface area contributed by atoms with Gasteiger partial charge in [0.15, 0.2) is 0 Å². The fourth-order valence-electron chi connectivity index (χ4n) is 1.86. The van der Waals surface area contributed by atoms with Crippen molar-refractivity contribution < 1.29 is 12.8 Å². The van der Waals surface area contributed by atoms with Gasteiger partial charge in [0.25, 0.3) is 0 Å². The van der Waals surface area contributed by atoms with Crippen LogP contribution >= 0.6 is 0 Å². The Labute approximate surface area is 123 Å². The SMILES string of the molecule is CNc1ccncc1S(=O)(=O)NCCc1ccc(F)cc1. The first-order chi connectivity index (χ1) is 10.0. The lowest BCUT2D eigenvalue weighted by Gasteiger charge is -2.10. The first kappa shape index (κ1) is 15.4. The number of hydrogen-bond donors (Lipinski definition) is 2. The van der Waals surface area contributed by atoms with Gasteiger partial charge in [0.2, 0.25) is 10.0 Å². The molecular formula is C14H16FN3O2S. The summed E-state index contributed by atoms with van der Waals surface area (Å²) in [6.07, 6.45) is 3.30. The zero-order valence-electron chi connectivity index (χ0n) is 11.5. The minimum atomic E-state index is -3.63. The fourth-order valence-corrected chi connectivity index (χ4v) is 3.04. The average molecular weight is 309 g/mol. The molecule has 21 heavy (non-hydrogen) atoms. The van der Waals surface area contributed by atoms with Gasteiger partial charge in [-0.15, -0.1) is 0 Å². The number of hydrogen-bond acceptors (Lipinski definition) is 4. The number of anilines is 1. The third kappa shape index (κ3) is 3.99. The van der Waals surface area contributed by atoms with Crippen LogP contribution in [0.3, 0.4) is 0 Å². The summed E-state index contributed by atoms with van der Waals surface area (Å²) in [5.41, 5.74) is 1.35. The molecule has 112 valence electrons. The molecule has 5 nitrogen and oxygen atoms in total. The van der Waals surface area contributed by atoms with Gasteiger partial charge in [0, 0.05) is 26.0 Å². The molecule has 0 fully saturated rings. The topological polar surface area (TPSA) is 71.1 Å². The lowest BCUT2D eigenvalue weighted by Crippen LogP contribution is -2.26. The van der Waals surface area contributed by atoms with E-state index in [9.17, 15) is 12.8 Å². The fraction of sp³-hybridized carbons (Fsp3) is 0.214. The van der Waals surface area contributed by atoms with Crippen molar-refractivity contribution in [3.8, 4) is 0 Å². The van der Waals surface area contributed by atoms with Crippen molar-refractivity contribution in [1.82, 2.24) is 9.71 Å². The monoisotopic (exact) mass is 309 g/mol. The molecule has 0 aliphatic carbocycles. The molecule has 0 aliphatic rings. The summed E-state index contributed by atoms with van der Waals surface area (Å²) in [6.45, 7) is 0.228. The minimum Gasteiger partial charge on any atom is -0.387 e. The predicted molar refractivity (Wildman–Crippen MR) is 79.1 cm³/mol. The molecule has 1 aromatic carbocycles. The summed E-state index contributed by atoms with van der Waals surface area (Å²) >= 11 is 0. The van der Waals surface area contributed by atoms with E-state index >= 15 is 0 Å². The van der Waals surface area contributed by atoms with E-state index in [1.165, 1.54) is 24.5 Å². The molecule has 1 aromatic heterocycles. The lowest BCUT2D eigenvalue weighted by molar-refractivity contribution is 0.581. The molecule has 0 amide bonds. The molecule has 0 aliphatic heterocycles. The lowest BCUT2D eigenvalue weighted by atomic mass is 10.1. The zero-order chi connectivity index (χ0) is 15.3. The highest BCUT2D eigenvalue weighted by Crippen LogP contribution is 2.18. The molecule has 0 radical (unpaired) electrons. The summed E-state index contributed by atoms with van der Waals surface area (Å²) in [7, 11) is -1.98. The van der Waals surface area contributed by atoms with Gasteiger partial charge in [-0.25, -0.2) is 17.5 Å². The maximum atomic E-state index is 12.8. The number of pyridine rings is 1. The van der Waals surface area contributed by atoms with E-state index in [1.807, 2.05) is 0 Å². The van der Waals surface area contributed by atoms with Crippen molar-refractivity contribution in [2.45, 2.75) is 11.3 Å². The summed E-state index contributed by atoms with van der Waals surface area (Å²) in [6, 6.07) is 7.56. The molecule has 0 unspecified atom stereocenters. The number of benzene rings is 1. The van der Waals surface area contributed by atoms with Crippen molar-refractivity contribution >= 4 is 15.7 Å². The van der Waals surface area contributed by atoms with Crippen molar-refractivity contribution in [3.63, 3.8) is 0 Å². The third-order valence-electron chi connectivity index (χ3n) is 2.96. The molecule has 0 bridgehead atoms. The first-order valence-corrected chi connectivity index (χ1v) is 7.87. The van der Waals surface area contributed by atoms with Gasteiger partial charge in [-0.2, -0.15) is 0 Å². The number of nitrogens with zero attached hydrogens (tertiary/aromatic N) is 1. The van der Waals surface area contributed by atoms with Gasteiger partial charge in [-0.1, -0.05) is 12.1 Å². The van der Waals surface area contributed by atoms with E-state index in [-0.39, 0.29) is 17.3 Å². The van der Waals surface area contributed by atoms with Crippen LogP contribution in [-0.4, -0.2) is 27.0 Å². The number of rotatable bonds is 6. The zero-order valence-corrected chi connectivity index (χ0v) is 12.3. The second-order valence-electron chi connectivity index (χ2n) is 4.40. The largest absolute Gasteiger partial charge is 0.387 e. The standard InChI is InChI=1S/C14H16FN3O2S/c1-16-13-7-8-17-10-14(13)21(19,20)18-9-6-11-2-4-12(15)5-3-11/h2-5,7-8,10,18H,6,9H2,1H3,(H,16,17). The number of aromatic nitrogens is 1. The first-order valence-electron chi connectivity index (χ1n) is 6.39. The molecule has 0 saturated heterocycles. The highest BCUT2D eigenvalue weighted by atomic mass is 32.2. The molecule has 1 heterocycles. The molecule has 0 spiro atoms. The minimum absolute atomic E-state index is 0.103. The van der Waals surface area contributed by atoms with Crippen molar-refractivity contribution in [1.29, 1.82) is 0 Å². The van der Waals surface area contributed by atoms with Crippen LogP contribution in [0.5, 0.6) is 0 Å². The van der Waals surface area contributed by atoms with Crippen LogP contribution in [0.2, 0.25) is 0 Å². The molecular weight excluding hydrogens is 293 g/mol. The van der Waals surface area contributed by atoms with Gasteiger partial charge in [-0.05, 0) is 30.2 Å². The van der Waals surface area contributed by atoms with Crippen LogP contribution in [-0.2, 0) is 16.4 Å². The van der Waals surface area contributed by atoms with Crippen molar-refractivity contribution in [2.24, 2.45) is 0 Å². The average Bonchev–Trinajstić information content (AvgIpc) is 2.49. The molecule has 2 aromatic rings. The number of halogens is 1. The van der Waals surface area contributed by atoms with Crippen LogP contribution < -0.4 is 10.0 Å². The Balaban J connectivity index is 2.03. The van der Waals surface area contributed by atoms with Gasteiger partial charge in [0.1, 0.15) is 10.7 Å². The van der Waals surface area contributed by atoms with Crippen LogP contribution in [0.15, 0.2) is 47.6 Å². The number of nitrogens with one attached hydrogen (secondary N) is 2. The smallest absolute Gasteiger partial charge is 0.244 e. The Morgan fingerprint density at radius 2 is 1.90 bits per heavy atom.